The smallest absolute Gasteiger partial charge is 0.252 e. The van der Waals surface area contributed by atoms with Gasteiger partial charge in [0, 0.05) is 38.7 Å². The summed E-state index contributed by atoms with van der Waals surface area (Å²) in [5, 5.41) is 0. The summed E-state index contributed by atoms with van der Waals surface area (Å²) in [5.74, 6) is 0.496. The van der Waals surface area contributed by atoms with Crippen LogP contribution in [0, 0.1) is 0 Å². The number of fused-ring (bicyclic) bond motifs is 1. The summed E-state index contributed by atoms with van der Waals surface area (Å²) in [4.78, 5) is 42.2. The number of amides is 2. The number of aryl methyl sites for hydroxylation is 1. The van der Waals surface area contributed by atoms with Crippen molar-refractivity contribution >= 4 is 24.4 Å². The van der Waals surface area contributed by atoms with E-state index in [1.807, 2.05) is 6.07 Å². The van der Waals surface area contributed by atoms with Gasteiger partial charge in [-0.1, -0.05) is 0 Å². The molecule has 0 aromatic carbocycles. The molecule has 23 heavy (non-hydrogen) atoms. The standard InChI is InChI=1S/C16H19N3O4/c1-23-14-4-6-18(16(14)22)8-12-7-11-3-2-5-19(10-21)15(11)17-13(12)9-20/h7,9-10,14H,2-6,8H2,1H3. The molecule has 0 spiro atoms. The van der Waals surface area contributed by atoms with E-state index in [1.54, 1.807) is 4.90 Å². The predicted molar refractivity (Wildman–Crippen MR) is 82.2 cm³/mol. The third-order valence-corrected chi connectivity index (χ3v) is 4.44. The summed E-state index contributed by atoms with van der Waals surface area (Å²) in [6, 6.07) is 1.90. The normalized spacial score (nSPS) is 20.6. The van der Waals surface area contributed by atoms with Crippen LogP contribution in [0.15, 0.2) is 6.07 Å². The van der Waals surface area contributed by atoms with Crippen molar-refractivity contribution in [3.05, 3.63) is 22.9 Å². The molecule has 0 bridgehead atoms. The zero-order valence-electron chi connectivity index (χ0n) is 13.0. The average Bonchev–Trinajstić information content (AvgIpc) is 2.93. The highest BCUT2D eigenvalue weighted by Crippen LogP contribution is 2.27. The summed E-state index contributed by atoms with van der Waals surface area (Å²) in [6.07, 6.45) is 3.36. The first kappa shape index (κ1) is 15.6. The van der Waals surface area contributed by atoms with E-state index in [1.165, 1.54) is 12.0 Å². The lowest BCUT2D eigenvalue weighted by molar-refractivity contribution is -0.136. The molecular weight excluding hydrogens is 298 g/mol. The first-order chi connectivity index (χ1) is 11.2. The van der Waals surface area contributed by atoms with Crippen LogP contribution in [0.3, 0.4) is 0 Å². The fraction of sp³-hybridized carbons (Fsp3) is 0.500. The molecule has 0 N–H and O–H groups in total. The monoisotopic (exact) mass is 317 g/mol. The second-order valence-electron chi connectivity index (χ2n) is 5.81. The minimum atomic E-state index is -0.397. The van der Waals surface area contributed by atoms with Gasteiger partial charge >= 0.3 is 0 Å². The summed E-state index contributed by atoms with van der Waals surface area (Å²) in [6.45, 7) is 1.56. The van der Waals surface area contributed by atoms with E-state index in [4.69, 9.17) is 4.74 Å². The number of ether oxygens (including phenoxy) is 1. The molecule has 7 heteroatoms. The number of hydrogen-bond acceptors (Lipinski definition) is 5. The summed E-state index contributed by atoms with van der Waals surface area (Å²) in [5.41, 5.74) is 1.95. The second-order valence-corrected chi connectivity index (χ2v) is 5.81. The minimum Gasteiger partial charge on any atom is -0.372 e. The first-order valence-electron chi connectivity index (χ1n) is 7.69. The molecule has 2 amide bonds. The Morgan fingerprint density at radius 2 is 2.22 bits per heavy atom. The third-order valence-electron chi connectivity index (χ3n) is 4.44. The van der Waals surface area contributed by atoms with Crippen molar-refractivity contribution in [2.75, 3.05) is 25.1 Å². The molecule has 0 saturated carbocycles. The van der Waals surface area contributed by atoms with E-state index in [0.29, 0.717) is 38.2 Å². The van der Waals surface area contributed by atoms with Gasteiger partial charge < -0.3 is 9.64 Å². The van der Waals surface area contributed by atoms with Gasteiger partial charge in [-0.2, -0.15) is 0 Å². The SMILES string of the molecule is COC1CCN(Cc2cc3c(nc2C=O)N(C=O)CCC3)C1=O. The van der Waals surface area contributed by atoms with Gasteiger partial charge in [0.1, 0.15) is 17.6 Å². The lowest BCUT2D eigenvalue weighted by Gasteiger charge is -2.26. The minimum absolute atomic E-state index is 0.0587. The number of anilines is 1. The Hall–Kier alpha value is -2.28. The maximum absolute atomic E-state index is 12.2. The fourth-order valence-corrected chi connectivity index (χ4v) is 3.21. The second kappa shape index (κ2) is 6.45. The topological polar surface area (TPSA) is 79.8 Å². The predicted octanol–water partition coefficient (Wildman–Crippen LogP) is 0.550. The molecule has 1 aromatic heterocycles. The molecule has 7 nitrogen and oxygen atoms in total. The van der Waals surface area contributed by atoms with Crippen molar-refractivity contribution in [3.8, 4) is 0 Å². The van der Waals surface area contributed by atoms with Gasteiger partial charge in [0.05, 0.1) is 0 Å². The lowest BCUT2D eigenvalue weighted by atomic mass is 10.0. The molecule has 3 heterocycles. The Bertz CT molecular complexity index is 646. The van der Waals surface area contributed by atoms with Crippen LogP contribution in [-0.4, -0.2) is 54.8 Å². The molecule has 3 rings (SSSR count). The third kappa shape index (κ3) is 2.84. The van der Waals surface area contributed by atoms with Crippen molar-refractivity contribution in [2.24, 2.45) is 0 Å². The maximum Gasteiger partial charge on any atom is 0.252 e. The molecule has 0 radical (unpaired) electrons. The number of rotatable bonds is 5. The largest absolute Gasteiger partial charge is 0.372 e. The summed E-state index contributed by atoms with van der Waals surface area (Å²) >= 11 is 0. The summed E-state index contributed by atoms with van der Waals surface area (Å²) in [7, 11) is 1.53. The highest BCUT2D eigenvalue weighted by Gasteiger charge is 2.32. The quantitative estimate of drug-likeness (QED) is 0.741. The number of hydrogen-bond donors (Lipinski definition) is 0. The number of likely N-dealkylation sites (tertiary alicyclic amines) is 1. The Labute approximate surface area is 134 Å². The van der Waals surface area contributed by atoms with E-state index in [9.17, 15) is 14.4 Å². The van der Waals surface area contributed by atoms with Gasteiger partial charge in [-0.05, 0) is 24.5 Å². The Morgan fingerprint density at radius 1 is 1.39 bits per heavy atom. The number of aromatic nitrogens is 1. The van der Waals surface area contributed by atoms with Gasteiger partial charge in [-0.3, -0.25) is 19.3 Å². The molecule has 122 valence electrons. The van der Waals surface area contributed by atoms with Crippen molar-refractivity contribution in [1.82, 2.24) is 9.88 Å². The van der Waals surface area contributed by atoms with Crippen molar-refractivity contribution in [2.45, 2.75) is 31.9 Å². The molecule has 1 atom stereocenters. The van der Waals surface area contributed by atoms with Crippen LogP contribution in [0.5, 0.6) is 0 Å². The van der Waals surface area contributed by atoms with Crippen LogP contribution in [0.4, 0.5) is 5.82 Å². The van der Waals surface area contributed by atoms with E-state index in [-0.39, 0.29) is 11.6 Å². The van der Waals surface area contributed by atoms with Gasteiger partial charge in [0.25, 0.3) is 5.91 Å². The molecule has 1 saturated heterocycles. The van der Waals surface area contributed by atoms with Crippen LogP contribution in [0.25, 0.3) is 0 Å². The summed E-state index contributed by atoms with van der Waals surface area (Å²) < 4.78 is 5.15. The Morgan fingerprint density at radius 3 is 2.87 bits per heavy atom. The van der Waals surface area contributed by atoms with Crippen LogP contribution in [0.1, 0.15) is 34.5 Å². The van der Waals surface area contributed by atoms with Gasteiger partial charge in [0.2, 0.25) is 6.41 Å². The number of pyridine rings is 1. The maximum atomic E-state index is 12.2. The number of carbonyl (C=O) groups excluding carboxylic acids is 3. The van der Waals surface area contributed by atoms with Crippen LogP contribution in [-0.2, 0) is 27.3 Å². The van der Waals surface area contributed by atoms with E-state index in [0.717, 1.165) is 30.4 Å². The van der Waals surface area contributed by atoms with E-state index >= 15 is 0 Å². The zero-order chi connectivity index (χ0) is 16.4. The van der Waals surface area contributed by atoms with Gasteiger partial charge in [0.15, 0.2) is 6.29 Å². The molecule has 1 unspecified atom stereocenters. The number of aldehydes is 1. The first-order valence-corrected chi connectivity index (χ1v) is 7.69. The Kier molecular flexibility index (Phi) is 4.38. The highest BCUT2D eigenvalue weighted by molar-refractivity contribution is 5.84. The van der Waals surface area contributed by atoms with E-state index in [2.05, 4.69) is 4.98 Å². The van der Waals surface area contributed by atoms with Crippen molar-refractivity contribution < 1.29 is 19.1 Å². The molecule has 1 fully saturated rings. The zero-order valence-corrected chi connectivity index (χ0v) is 13.0. The lowest BCUT2D eigenvalue weighted by Crippen LogP contribution is -2.32. The number of methoxy groups -OCH3 is 1. The van der Waals surface area contributed by atoms with Gasteiger partial charge in [-0.15, -0.1) is 0 Å². The molecule has 0 aliphatic carbocycles. The molecular formula is C16H19N3O4. The van der Waals surface area contributed by atoms with Crippen LogP contribution < -0.4 is 4.90 Å². The average molecular weight is 317 g/mol. The van der Waals surface area contributed by atoms with E-state index < -0.39 is 6.10 Å². The molecule has 2 aliphatic heterocycles. The van der Waals surface area contributed by atoms with Crippen molar-refractivity contribution in [1.29, 1.82) is 0 Å². The van der Waals surface area contributed by atoms with Gasteiger partial charge in [-0.25, -0.2) is 4.98 Å². The molecule has 2 aliphatic rings. The highest BCUT2D eigenvalue weighted by atomic mass is 16.5. The van der Waals surface area contributed by atoms with Crippen molar-refractivity contribution in [3.63, 3.8) is 0 Å². The van der Waals surface area contributed by atoms with Crippen LogP contribution in [0.2, 0.25) is 0 Å². The molecule has 1 aromatic rings. The fourth-order valence-electron chi connectivity index (χ4n) is 3.21. The number of nitrogens with zero attached hydrogens (tertiary/aromatic N) is 3. The number of carbonyl (C=O) groups is 3. The van der Waals surface area contributed by atoms with Crippen LogP contribution >= 0.6 is 0 Å². The Balaban J connectivity index is 1.89.